The first kappa shape index (κ1) is 18.1. The van der Waals surface area contributed by atoms with Crippen LogP contribution in [0.25, 0.3) is 0 Å². The van der Waals surface area contributed by atoms with Gasteiger partial charge in [0, 0.05) is 9.49 Å². The predicted molar refractivity (Wildman–Crippen MR) is 94.0 cm³/mol. The smallest absolute Gasteiger partial charge is 0.201 e. The van der Waals surface area contributed by atoms with Gasteiger partial charge in [0.1, 0.15) is 0 Å². The van der Waals surface area contributed by atoms with Crippen molar-refractivity contribution in [1.29, 1.82) is 0 Å². The van der Waals surface area contributed by atoms with E-state index in [4.69, 9.17) is 0 Å². The molecule has 5 heteroatoms. The summed E-state index contributed by atoms with van der Waals surface area (Å²) < 4.78 is 5.82. The van der Waals surface area contributed by atoms with Crippen LogP contribution in [0.3, 0.4) is 0 Å². The molecule has 0 N–H and O–H groups in total. The Kier molecular flexibility index (Phi) is 6.17. The number of allylic oxidation sites excluding steroid dienone is 1. The molecule has 0 spiro atoms. The quantitative estimate of drug-likeness (QED) is 0.469. The van der Waals surface area contributed by atoms with Gasteiger partial charge < -0.3 is 0 Å². The molecule has 0 aliphatic heterocycles. The Morgan fingerprint density at radius 3 is 2.20 bits per heavy atom. The maximum Gasteiger partial charge on any atom is 0.201 e. The maximum absolute atomic E-state index is 4.68. The monoisotopic (exact) mass is 330 g/mol. The van der Waals surface area contributed by atoms with Crippen LogP contribution in [0.5, 0.6) is 0 Å². The van der Waals surface area contributed by atoms with Gasteiger partial charge in [0.2, 0.25) is 5.16 Å². The first-order valence-corrected chi connectivity index (χ1v) is 9.33. The lowest BCUT2D eigenvalue weighted by molar-refractivity contribution is 0.503. The molecule has 1 atom stereocenters. The van der Waals surface area contributed by atoms with Crippen molar-refractivity contribution < 1.29 is 0 Å². The summed E-state index contributed by atoms with van der Waals surface area (Å²) in [6, 6.07) is 0. The van der Waals surface area contributed by atoms with E-state index in [0.29, 0.717) is 11.8 Å². The highest BCUT2D eigenvalue weighted by molar-refractivity contribution is 8.02. The molecule has 1 heterocycles. The average molecular weight is 331 g/mol. The highest BCUT2D eigenvalue weighted by atomic mass is 32.2. The van der Waals surface area contributed by atoms with Gasteiger partial charge in [-0.25, -0.2) is 4.98 Å². The van der Waals surface area contributed by atoms with E-state index < -0.39 is 0 Å². The van der Waals surface area contributed by atoms with Crippen molar-refractivity contribution in [3.8, 4) is 0 Å². The van der Waals surface area contributed by atoms with E-state index in [9.17, 15) is 0 Å². The Bertz CT molecular complexity index is 450. The number of hydrogen-bond donors (Lipinski definition) is 0. The third-order valence-corrected chi connectivity index (χ3v) is 7.56. The average Bonchev–Trinajstić information content (AvgIpc) is 2.73. The molecule has 1 rings (SSSR count). The zero-order chi connectivity index (χ0) is 15.6. The molecule has 0 aromatic carbocycles. The van der Waals surface area contributed by atoms with Gasteiger partial charge in [0.05, 0.1) is 0 Å². The van der Waals surface area contributed by atoms with E-state index in [1.54, 1.807) is 11.8 Å². The molecule has 0 saturated carbocycles. The van der Waals surface area contributed by atoms with Gasteiger partial charge in [-0.2, -0.15) is 4.37 Å². The summed E-state index contributed by atoms with van der Waals surface area (Å²) in [5.74, 6) is 1.02. The van der Waals surface area contributed by atoms with Crippen LogP contribution in [0.4, 0.5) is 0 Å². The summed E-state index contributed by atoms with van der Waals surface area (Å²) >= 11 is 5.07. The second-order valence-corrected chi connectivity index (χ2v) is 10.7. The van der Waals surface area contributed by atoms with E-state index in [-0.39, 0.29) is 9.49 Å². The van der Waals surface area contributed by atoms with Crippen molar-refractivity contribution in [2.45, 2.75) is 67.5 Å². The molecule has 0 aliphatic carbocycles. The second-order valence-electron chi connectivity index (χ2n) is 6.43. The Balaban J connectivity index is 2.76. The molecular formula is C15H26N2S3. The number of nitrogens with zero attached hydrogens (tertiary/aromatic N) is 2. The molecule has 0 radical (unpaired) electrons. The van der Waals surface area contributed by atoms with Gasteiger partial charge in [-0.15, -0.1) is 6.58 Å². The SMILES string of the molecule is C=CC(C)C(C)(C)Sc1nsc(SC(C)(C)C(C)C)n1. The second kappa shape index (κ2) is 6.84. The van der Waals surface area contributed by atoms with Crippen molar-refractivity contribution >= 4 is 35.1 Å². The molecule has 114 valence electrons. The van der Waals surface area contributed by atoms with Crippen LogP contribution in [-0.4, -0.2) is 18.9 Å². The van der Waals surface area contributed by atoms with Crippen LogP contribution in [-0.2, 0) is 0 Å². The molecule has 0 bridgehead atoms. The fourth-order valence-corrected chi connectivity index (χ4v) is 4.55. The van der Waals surface area contributed by atoms with Gasteiger partial charge in [0.15, 0.2) is 4.34 Å². The summed E-state index contributed by atoms with van der Waals surface area (Å²) in [5.41, 5.74) is 0. The number of aromatic nitrogens is 2. The fraction of sp³-hybridized carbons (Fsp3) is 0.733. The molecule has 1 aromatic rings. The first-order chi connectivity index (χ1) is 9.08. The van der Waals surface area contributed by atoms with Gasteiger partial charge in [-0.1, -0.05) is 64.2 Å². The lowest BCUT2D eigenvalue weighted by Gasteiger charge is -2.27. The van der Waals surface area contributed by atoms with E-state index in [0.717, 1.165) is 9.50 Å². The van der Waals surface area contributed by atoms with Crippen molar-refractivity contribution in [3.05, 3.63) is 12.7 Å². The van der Waals surface area contributed by atoms with Crippen molar-refractivity contribution in [2.75, 3.05) is 0 Å². The van der Waals surface area contributed by atoms with Gasteiger partial charge in [-0.05, 0) is 37.2 Å². The minimum absolute atomic E-state index is 0.0678. The summed E-state index contributed by atoms with van der Waals surface area (Å²) in [4.78, 5) is 4.68. The van der Waals surface area contributed by atoms with Crippen molar-refractivity contribution in [3.63, 3.8) is 0 Å². The van der Waals surface area contributed by atoms with Gasteiger partial charge >= 0.3 is 0 Å². The van der Waals surface area contributed by atoms with Crippen molar-refractivity contribution in [1.82, 2.24) is 9.36 Å². The molecule has 2 nitrogen and oxygen atoms in total. The predicted octanol–water partition coefficient (Wildman–Crippen LogP) is 5.76. The molecule has 0 aliphatic rings. The summed E-state index contributed by atoms with van der Waals surface area (Å²) in [7, 11) is 0. The minimum Gasteiger partial charge on any atom is -0.203 e. The van der Waals surface area contributed by atoms with E-state index >= 15 is 0 Å². The lowest BCUT2D eigenvalue weighted by Crippen LogP contribution is -2.23. The maximum atomic E-state index is 4.68. The van der Waals surface area contributed by atoms with Gasteiger partial charge in [0.25, 0.3) is 0 Å². The lowest BCUT2D eigenvalue weighted by atomic mass is 9.97. The largest absolute Gasteiger partial charge is 0.203 e. The molecule has 1 unspecified atom stereocenters. The number of rotatable bonds is 7. The first-order valence-electron chi connectivity index (χ1n) is 6.92. The van der Waals surface area contributed by atoms with Crippen molar-refractivity contribution in [2.24, 2.45) is 11.8 Å². The Morgan fingerprint density at radius 1 is 1.10 bits per heavy atom. The summed E-state index contributed by atoms with van der Waals surface area (Å²) in [6.45, 7) is 19.5. The third kappa shape index (κ3) is 4.78. The van der Waals surface area contributed by atoms with Crippen LogP contribution < -0.4 is 0 Å². The van der Waals surface area contributed by atoms with Gasteiger partial charge in [-0.3, -0.25) is 0 Å². The highest BCUT2D eigenvalue weighted by Gasteiger charge is 2.29. The summed E-state index contributed by atoms with van der Waals surface area (Å²) in [5, 5.41) is 0.885. The molecular weight excluding hydrogens is 304 g/mol. The van der Waals surface area contributed by atoms with Crippen LogP contribution in [0.15, 0.2) is 22.2 Å². The zero-order valence-corrected chi connectivity index (χ0v) is 16.0. The topological polar surface area (TPSA) is 25.8 Å². The molecule has 0 fully saturated rings. The Hall–Kier alpha value is -0.0000000000000000833. The molecule has 1 aromatic heterocycles. The summed E-state index contributed by atoms with van der Waals surface area (Å²) in [6.07, 6.45) is 2.00. The molecule has 0 saturated heterocycles. The third-order valence-electron chi connectivity index (χ3n) is 3.93. The van der Waals surface area contributed by atoms with E-state index in [1.807, 2.05) is 17.8 Å². The standard InChI is InChI=1S/C15H26N2S3/c1-9-11(4)15(7,8)18-12-16-13(20-17-12)19-14(5,6)10(2)3/h9-11H,1H2,2-8H3. The minimum atomic E-state index is 0.0678. The number of hydrogen-bond acceptors (Lipinski definition) is 5. The van der Waals surface area contributed by atoms with Crippen LogP contribution >= 0.6 is 35.1 Å². The number of thioether (sulfide) groups is 2. The zero-order valence-electron chi connectivity index (χ0n) is 13.6. The Morgan fingerprint density at radius 2 is 1.70 bits per heavy atom. The highest BCUT2D eigenvalue weighted by Crippen LogP contribution is 2.42. The molecule has 0 amide bonds. The fourth-order valence-electron chi connectivity index (χ4n) is 1.23. The Labute approximate surface area is 136 Å². The van der Waals surface area contributed by atoms with Crippen LogP contribution in [0, 0.1) is 11.8 Å². The van der Waals surface area contributed by atoms with Crippen LogP contribution in [0.1, 0.15) is 48.5 Å². The van der Waals surface area contributed by atoms with Crippen LogP contribution in [0.2, 0.25) is 0 Å². The molecule has 20 heavy (non-hydrogen) atoms. The normalized spacial score (nSPS) is 14.6. The van der Waals surface area contributed by atoms with E-state index in [1.165, 1.54) is 11.5 Å². The van der Waals surface area contributed by atoms with E-state index in [2.05, 4.69) is 64.4 Å².